The third kappa shape index (κ3) is 3.43. The largest absolute Gasteiger partial charge is 1.00 e. The molecular formula is C22H28INO5. The summed E-state index contributed by atoms with van der Waals surface area (Å²) in [6.45, 7) is 1.77. The molecular weight excluding hydrogens is 485 g/mol. The van der Waals surface area contributed by atoms with Crippen molar-refractivity contribution in [2.45, 2.75) is 25.1 Å². The smallest absolute Gasteiger partial charge is 0.161 e. The predicted molar refractivity (Wildman–Crippen MR) is 105 cm³/mol. The average molecular weight is 513 g/mol. The summed E-state index contributed by atoms with van der Waals surface area (Å²) in [5, 5.41) is 11.5. The van der Waals surface area contributed by atoms with Crippen LogP contribution in [-0.4, -0.2) is 51.6 Å². The van der Waals surface area contributed by atoms with Crippen molar-refractivity contribution in [1.82, 2.24) is 0 Å². The maximum Gasteiger partial charge on any atom is 0.161 e. The van der Waals surface area contributed by atoms with Crippen LogP contribution in [0.2, 0.25) is 0 Å². The Labute approximate surface area is 188 Å². The van der Waals surface area contributed by atoms with Gasteiger partial charge in [-0.15, -0.1) is 0 Å². The summed E-state index contributed by atoms with van der Waals surface area (Å²) in [4.78, 5) is 0. The van der Waals surface area contributed by atoms with Crippen LogP contribution >= 0.6 is 0 Å². The number of methoxy groups -OCH3 is 4. The molecule has 0 fully saturated rings. The molecule has 0 amide bonds. The van der Waals surface area contributed by atoms with Crippen molar-refractivity contribution >= 4 is 0 Å². The molecule has 7 heteroatoms. The molecule has 158 valence electrons. The Kier molecular flexibility index (Phi) is 6.21. The number of nitrogens with zero attached hydrogens (tertiary/aromatic N) is 1. The van der Waals surface area contributed by atoms with Gasteiger partial charge >= 0.3 is 0 Å². The van der Waals surface area contributed by atoms with Gasteiger partial charge in [-0.05, 0) is 35.4 Å². The van der Waals surface area contributed by atoms with Crippen LogP contribution in [0.1, 0.15) is 34.4 Å². The van der Waals surface area contributed by atoms with Crippen molar-refractivity contribution < 1.29 is 52.5 Å². The summed E-state index contributed by atoms with van der Waals surface area (Å²) in [7, 11) is 8.77. The molecule has 2 aliphatic rings. The molecule has 0 saturated carbocycles. The van der Waals surface area contributed by atoms with E-state index in [0.717, 1.165) is 46.4 Å². The molecule has 0 spiro atoms. The van der Waals surface area contributed by atoms with Gasteiger partial charge in [0, 0.05) is 17.5 Å². The number of aliphatic hydroxyl groups excluding tert-OH is 1. The number of rotatable bonds is 4. The minimum Gasteiger partial charge on any atom is -1.00 e. The Morgan fingerprint density at radius 1 is 0.793 bits per heavy atom. The first-order valence-electron chi connectivity index (χ1n) is 9.47. The Morgan fingerprint density at radius 3 is 1.83 bits per heavy atom. The molecule has 0 bridgehead atoms. The highest BCUT2D eigenvalue weighted by Gasteiger charge is 2.49. The van der Waals surface area contributed by atoms with Crippen molar-refractivity contribution in [3.63, 3.8) is 0 Å². The Hall–Kier alpha value is -1.71. The summed E-state index contributed by atoms with van der Waals surface area (Å²) in [6, 6.07) is 7.92. The van der Waals surface area contributed by atoms with E-state index in [1.54, 1.807) is 28.4 Å². The van der Waals surface area contributed by atoms with Crippen LogP contribution in [0.25, 0.3) is 0 Å². The van der Waals surface area contributed by atoms with Gasteiger partial charge in [0.05, 0.1) is 42.0 Å². The zero-order chi connectivity index (χ0) is 20.1. The SMILES string of the molecule is COc1cc2c(cc1OC)[C@@H]1[C@@H](O)c3cc(OC)c(OC)cc3C[N+]1(C)CC2.[I-]. The Balaban J connectivity index is 0.00000240. The third-order valence-electron chi connectivity index (χ3n) is 6.32. The second kappa shape index (κ2) is 8.20. The lowest BCUT2D eigenvalue weighted by molar-refractivity contribution is -0.960. The minimum atomic E-state index is -0.647. The van der Waals surface area contributed by atoms with Crippen LogP contribution in [0.5, 0.6) is 23.0 Å². The first kappa shape index (κ1) is 22.0. The van der Waals surface area contributed by atoms with Crippen molar-refractivity contribution in [1.29, 1.82) is 0 Å². The zero-order valence-electron chi connectivity index (χ0n) is 17.5. The topological polar surface area (TPSA) is 57.2 Å². The molecule has 6 nitrogen and oxygen atoms in total. The van der Waals surface area contributed by atoms with Gasteiger partial charge < -0.3 is 52.5 Å². The van der Waals surface area contributed by atoms with Crippen LogP contribution in [-0.2, 0) is 13.0 Å². The summed E-state index contributed by atoms with van der Waals surface area (Å²) in [5.74, 6) is 2.76. The lowest BCUT2D eigenvalue weighted by Gasteiger charge is -2.50. The molecule has 1 unspecified atom stereocenters. The maximum atomic E-state index is 11.5. The fraction of sp³-hybridized carbons (Fsp3) is 0.455. The van der Waals surface area contributed by atoms with Gasteiger partial charge in [-0.2, -0.15) is 0 Å². The molecule has 2 heterocycles. The summed E-state index contributed by atoms with van der Waals surface area (Å²) >= 11 is 0. The number of fused-ring (bicyclic) bond motifs is 4. The number of hydrogen-bond donors (Lipinski definition) is 1. The molecule has 0 saturated heterocycles. The molecule has 0 radical (unpaired) electrons. The van der Waals surface area contributed by atoms with E-state index in [9.17, 15) is 5.11 Å². The van der Waals surface area contributed by atoms with E-state index >= 15 is 0 Å². The summed E-state index contributed by atoms with van der Waals surface area (Å²) in [5.41, 5.74) is 4.34. The number of aliphatic hydroxyl groups is 1. The van der Waals surface area contributed by atoms with Gasteiger partial charge in [-0.25, -0.2) is 0 Å². The van der Waals surface area contributed by atoms with E-state index in [4.69, 9.17) is 18.9 Å². The summed E-state index contributed by atoms with van der Waals surface area (Å²) in [6.07, 6.45) is 0.281. The van der Waals surface area contributed by atoms with Crippen molar-refractivity contribution in [3.05, 3.63) is 46.5 Å². The van der Waals surface area contributed by atoms with Crippen LogP contribution in [0.4, 0.5) is 0 Å². The molecule has 1 N–H and O–H groups in total. The maximum absolute atomic E-state index is 11.5. The van der Waals surface area contributed by atoms with E-state index < -0.39 is 6.10 Å². The standard InChI is InChI=1S/C22H28NO5.HI/c1-23-7-6-13-8-17(25-2)19(27-4)10-15(13)21(23)22(24)16-11-20(28-5)18(26-3)9-14(16)12-23;/h8-11,21-22,24H,6-7,12H2,1-5H3;1H/q+1;/p-1/t21-,22+,23?;/m1./s1. The van der Waals surface area contributed by atoms with Crippen LogP contribution in [0, 0.1) is 0 Å². The quantitative estimate of drug-likeness (QED) is 0.462. The van der Waals surface area contributed by atoms with Gasteiger partial charge in [0.1, 0.15) is 18.7 Å². The number of halogens is 1. The highest BCUT2D eigenvalue weighted by atomic mass is 127. The third-order valence-corrected chi connectivity index (χ3v) is 6.32. The van der Waals surface area contributed by atoms with Crippen molar-refractivity contribution in [3.8, 4) is 23.0 Å². The minimum absolute atomic E-state index is 0. The highest BCUT2D eigenvalue weighted by molar-refractivity contribution is 5.52. The number of hydrogen-bond acceptors (Lipinski definition) is 5. The summed E-state index contributed by atoms with van der Waals surface area (Å²) < 4.78 is 22.7. The van der Waals surface area contributed by atoms with Crippen LogP contribution in [0.3, 0.4) is 0 Å². The van der Waals surface area contributed by atoms with Gasteiger partial charge in [0.25, 0.3) is 0 Å². The number of quaternary nitrogens is 1. The van der Waals surface area contributed by atoms with E-state index in [0.29, 0.717) is 17.2 Å². The molecule has 0 aromatic heterocycles. The normalized spacial score (nSPS) is 24.3. The monoisotopic (exact) mass is 513 g/mol. The number of likely N-dealkylation sites (N-methyl/N-ethyl adjacent to an activating group) is 1. The van der Waals surface area contributed by atoms with Gasteiger partial charge in [0.15, 0.2) is 23.0 Å². The lowest BCUT2D eigenvalue weighted by atomic mass is 9.80. The first-order chi connectivity index (χ1) is 13.5. The van der Waals surface area contributed by atoms with E-state index in [1.165, 1.54) is 5.56 Å². The molecule has 2 aromatic carbocycles. The first-order valence-corrected chi connectivity index (χ1v) is 9.47. The van der Waals surface area contributed by atoms with E-state index in [-0.39, 0.29) is 30.0 Å². The van der Waals surface area contributed by atoms with E-state index in [2.05, 4.69) is 13.1 Å². The van der Waals surface area contributed by atoms with Gasteiger partial charge in [0.2, 0.25) is 0 Å². The molecule has 2 aliphatic heterocycles. The van der Waals surface area contributed by atoms with Gasteiger partial charge in [-0.3, -0.25) is 0 Å². The van der Waals surface area contributed by atoms with Crippen LogP contribution in [0.15, 0.2) is 24.3 Å². The number of ether oxygens (including phenoxy) is 4. The molecule has 3 atom stereocenters. The molecule has 4 rings (SSSR count). The fourth-order valence-electron chi connectivity index (χ4n) is 4.88. The molecule has 0 aliphatic carbocycles. The molecule has 2 aromatic rings. The number of benzene rings is 2. The Morgan fingerprint density at radius 2 is 1.28 bits per heavy atom. The second-order valence-electron chi connectivity index (χ2n) is 7.81. The van der Waals surface area contributed by atoms with Crippen LogP contribution < -0.4 is 42.9 Å². The second-order valence-corrected chi connectivity index (χ2v) is 7.81. The van der Waals surface area contributed by atoms with Gasteiger partial charge in [-0.1, -0.05) is 0 Å². The fourth-order valence-corrected chi connectivity index (χ4v) is 4.88. The van der Waals surface area contributed by atoms with Crippen molar-refractivity contribution in [2.24, 2.45) is 0 Å². The zero-order valence-corrected chi connectivity index (χ0v) is 19.6. The predicted octanol–water partition coefficient (Wildman–Crippen LogP) is 0.0160. The molecule has 29 heavy (non-hydrogen) atoms. The highest BCUT2D eigenvalue weighted by Crippen LogP contribution is 2.52. The average Bonchev–Trinajstić information content (AvgIpc) is 2.71. The van der Waals surface area contributed by atoms with Crippen molar-refractivity contribution in [2.75, 3.05) is 42.0 Å². The Bertz CT molecular complexity index is 919. The lowest BCUT2D eigenvalue weighted by Crippen LogP contribution is -3.00. The van der Waals surface area contributed by atoms with E-state index in [1.807, 2.05) is 18.2 Å².